The first-order chi connectivity index (χ1) is 9.16. The van der Waals surface area contributed by atoms with Crippen molar-refractivity contribution in [2.75, 3.05) is 17.2 Å². The van der Waals surface area contributed by atoms with Gasteiger partial charge in [0.05, 0.1) is 11.0 Å². The fourth-order valence-electron chi connectivity index (χ4n) is 2.76. The summed E-state index contributed by atoms with van der Waals surface area (Å²) >= 11 is 2.00. The molecule has 3 N–H and O–H groups in total. The molecule has 1 unspecified atom stereocenters. The van der Waals surface area contributed by atoms with Crippen LogP contribution in [0, 0.1) is 0 Å². The number of hydrogen-bond acceptors (Lipinski definition) is 4. The monoisotopic (exact) mass is 277 g/mol. The van der Waals surface area contributed by atoms with Crippen LogP contribution in [0.15, 0.2) is 18.2 Å². The maximum absolute atomic E-state index is 9.99. The van der Waals surface area contributed by atoms with Gasteiger partial charge in [0.2, 0.25) is 0 Å². The van der Waals surface area contributed by atoms with Gasteiger partial charge in [-0.2, -0.15) is 11.8 Å². The number of anilines is 1. The number of nitrogens with zero attached hydrogens (tertiary/aromatic N) is 2. The van der Waals surface area contributed by atoms with Gasteiger partial charge in [0.25, 0.3) is 0 Å². The molecule has 0 radical (unpaired) electrons. The van der Waals surface area contributed by atoms with Crippen molar-refractivity contribution in [1.82, 2.24) is 9.55 Å². The van der Waals surface area contributed by atoms with Gasteiger partial charge in [-0.25, -0.2) is 4.98 Å². The van der Waals surface area contributed by atoms with E-state index < -0.39 is 6.10 Å². The van der Waals surface area contributed by atoms with E-state index in [0.29, 0.717) is 11.7 Å². The first kappa shape index (κ1) is 12.8. The minimum atomic E-state index is -0.553. The third kappa shape index (κ3) is 2.32. The SMILES string of the molecule is CC(O)c1nc2cc(N)ccc2n1C1CCSCC1. The largest absolute Gasteiger partial charge is 0.399 e. The normalized spacial score (nSPS) is 18.8. The molecule has 0 aliphatic carbocycles. The standard InChI is InChI=1S/C14H19N3OS/c1-9(18)14-16-12-8-10(15)2-3-13(12)17(14)11-4-6-19-7-5-11/h2-3,8-9,11,18H,4-7,15H2,1H3. The second kappa shape index (κ2) is 5.06. The van der Waals surface area contributed by atoms with Gasteiger partial charge >= 0.3 is 0 Å². The Labute approximate surface area is 117 Å². The number of benzene rings is 1. The predicted octanol–water partition coefficient (Wildman–Crippen LogP) is 2.74. The lowest BCUT2D eigenvalue weighted by Gasteiger charge is -2.26. The van der Waals surface area contributed by atoms with E-state index in [1.807, 2.05) is 30.0 Å². The number of hydrogen-bond donors (Lipinski definition) is 2. The molecule has 0 saturated carbocycles. The van der Waals surface area contributed by atoms with Gasteiger partial charge in [0.15, 0.2) is 0 Å². The molecule has 2 heterocycles. The zero-order chi connectivity index (χ0) is 13.4. The molecule has 1 saturated heterocycles. The highest BCUT2D eigenvalue weighted by Crippen LogP contribution is 2.33. The number of imidazole rings is 1. The first-order valence-corrected chi connectivity index (χ1v) is 7.85. The predicted molar refractivity (Wildman–Crippen MR) is 80.4 cm³/mol. The topological polar surface area (TPSA) is 64.1 Å². The molecule has 1 aliphatic heterocycles. The van der Waals surface area contributed by atoms with Gasteiger partial charge in [-0.1, -0.05) is 0 Å². The molecule has 3 rings (SSSR count). The molecule has 2 aromatic rings. The van der Waals surface area contributed by atoms with Crippen LogP contribution in [-0.4, -0.2) is 26.2 Å². The lowest BCUT2D eigenvalue weighted by Crippen LogP contribution is -2.18. The summed E-state index contributed by atoms with van der Waals surface area (Å²) < 4.78 is 2.22. The number of fused-ring (bicyclic) bond motifs is 1. The second-order valence-corrected chi connectivity index (χ2v) is 6.33. The Morgan fingerprint density at radius 3 is 2.84 bits per heavy atom. The van der Waals surface area contributed by atoms with E-state index in [1.165, 1.54) is 11.5 Å². The summed E-state index contributed by atoms with van der Waals surface area (Å²) in [6, 6.07) is 6.25. The Morgan fingerprint density at radius 1 is 1.42 bits per heavy atom. The van der Waals surface area contributed by atoms with Crippen LogP contribution in [-0.2, 0) is 0 Å². The van der Waals surface area contributed by atoms with Crippen molar-refractivity contribution in [3.8, 4) is 0 Å². The first-order valence-electron chi connectivity index (χ1n) is 6.70. The summed E-state index contributed by atoms with van der Waals surface area (Å²) in [5, 5.41) is 9.99. The number of aliphatic hydroxyl groups is 1. The Morgan fingerprint density at radius 2 is 2.16 bits per heavy atom. The maximum Gasteiger partial charge on any atom is 0.138 e. The minimum absolute atomic E-state index is 0.444. The average molecular weight is 277 g/mol. The lowest BCUT2D eigenvalue weighted by atomic mass is 10.1. The third-order valence-corrected chi connectivity index (χ3v) is 4.72. The molecule has 5 heteroatoms. The highest BCUT2D eigenvalue weighted by Gasteiger charge is 2.23. The molecule has 0 bridgehead atoms. The molecule has 1 aromatic heterocycles. The van der Waals surface area contributed by atoms with E-state index in [1.54, 1.807) is 6.92 Å². The van der Waals surface area contributed by atoms with Crippen LogP contribution in [0.5, 0.6) is 0 Å². The Bertz CT molecular complexity index is 588. The van der Waals surface area contributed by atoms with Crippen LogP contribution in [0.4, 0.5) is 5.69 Å². The highest BCUT2D eigenvalue weighted by atomic mass is 32.2. The van der Waals surface area contributed by atoms with Crippen molar-refractivity contribution in [1.29, 1.82) is 0 Å². The number of nitrogen functional groups attached to an aromatic ring is 1. The van der Waals surface area contributed by atoms with Gasteiger partial charge in [-0.15, -0.1) is 0 Å². The molecule has 102 valence electrons. The smallest absolute Gasteiger partial charge is 0.138 e. The van der Waals surface area contributed by atoms with Crippen molar-refractivity contribution in [2.45, 2.75) is 31.9 Å². The Hall–Kier alpha value is -1.20. The van der Waals surface area contributed by atoms with Crippen LogP contribution >= 0.6 is 11.8 Å². The Balaban J connectivity index is 2.15. The van der Waals surface area contributed by atoms with Gasteiger partial charge in [0, 0.05) is 11.7 Å². The van der Waals surface area contributed by atoms with E-state index in [0.717, 1.165) is 29.7 Å². The fraction of sp³-hybridized carbons (Fsp3) is 0.500. The summed E-state index contributed by atoms with van der Waals surface area (Å²) in [5.74, 6) is 3.12. The average Bonchev–Trinajstić information content (AvgIpc) is 2.78. The maximum atomic E-state index is 9.99. The number of aromatic nitrogens is 2. The van der Waals surface area contributed by atoms with Crippen LogP contribution in [0.25, 0.3) is 11.0 Å². The van der Waals surface area contributed by atoms with Crippen LogP contribution in [0.3, 0.4) is 0 Å². The minimum Gasteiger partial charge on any atom is -0.399 e. The lowest BCUT2D eigenvalue weighted by molar-refractivity contribution is 0.180. The number of rotatable bonds is 2. The van der Waals surface area contributed by atoms with E-state index in [-0.39, 0.29) is 0 Å². The number of aliphatic hydroxyl groups excluding tert-OH is 1. The Kier molecular flexibility index (Phi) is 3.41. The summed E-state index contributed by atoms with van der Waals surface area (Å²) in [4.78, 5) is 4.57. The van der Waals surface area contributed by atoms with Crippen LogP contribution in [0.1, 0.15) is 37.7 Å². The van der Waals surface area contributed by atoms with Crippen molar-refractivity contribution < 1.29 is 5.11 Å². The molecule has 0 spiro atoms. The zero-order valence-electron chi connectivity index (χ0n) is 11.0. The highest BCUT2D eigenvalue weighted by molar-refractivity contribution is 7.99. The van der Waals surface area contributed by atoms with Gasteiger partial charge in [0.1, 0.15) is 11.9 Å². The number of nitrogens with two attached hydrogens (primary N) is 1. The molecule has 19 heavy (non-hydrogen) atoms. The summed E-state index contributed by atoms with van der Waals surface area (Å²) in [6.45, 7) is 1.78. The molecular formula is C14H19N3OS. The van der Waals surface area contributed by atoms with E-state index in [9.17, 15) is 5.11 Å². The fourth-order valence-corrected chi connectivity index (χ4v) is 3.84. The van der Waals surface area contributed by atoms with Gasteiger partial charge in [-0.3, -0.25) is 0 Å². The van der Waals surface area contributed by atoms with Crippen LogP contribution in [0.2, 0.25) is 0 Å². The van der Waals surface area contributed by atoms with Crippen LogP contribution < -0.4 is 5.73 Å². The quantitative estimate of drug-likeness (QED) is 0.828. The van der Waals surface area contributed by atoms with Crippen molar-refractivity contribution in [3.05, 3.63) is 24.0 Å². The summed E-state index contributed by atoms with van der Waals surface area (Å²) in [7, 11) is 0. The van der Waals surface area contributed by atoms with Gasteiger partial charge < -0.3 is 15.4 Å². The number of thioether (sulfide) groups is 1. The molecule has 1 atom stereocenters. The molecule has 0 amide bonds. The van der Waals surface area contributed by atoms with Crippen molar-refractivity contribution in [2.24, 2.45) is 0 Å². The molecule has 1 aromatic carbocycles. The molecule has 1 aliphatic rings. The second-order valence-electron chi connectivity index (χ2n) is 5.11. The van der Waals surface area contributed by atoms with Crippen molar-refractivity contribution >= 4 is 28.5 Å². The molecular weight excluding hydrogens is 258 g/mol. The van der Waals surface area contributed by atoms with Crippen molar-refractivity contribution in [3.63, 3.8) is 0 Å². The van der Waals surface area contributed by atoms with E-state index in [2.05, 4.69) is 9.55 Å². The molecule has 1 fully saturated rings. The van der Waals surface area contributed by atoms with E-state index >= 15 is 0 Å². The third-order valence-electron chi connectivity index (χ3n) is 3.67. The molecule has 4 nitrogen and oxygen atoms in total. The summed E-state index contributed by atoms with van der Waals surface area (Å²) in [6.07, 6.45) is 1.73. The zero-order valence-corrected chi connectivity index (χ0v) is 11.9. The van der Waals surface area contributed by atoms with Gasteiger partial charge in [-0.05, 0) is 49.5 Å². The van der Waals surface area contributed by atoms with E-state index in [4.69, 9.17) is 5.73 Å². The summed E-state index contributed by atoms with van der Waals surface area (Å²) in [5.41, 5.74) is 8.51.